The van der Waals surface area contributed by atoms with E-state index in [4.69, 9.17) is 0 Å². The Bertz CT molecular complexity index is 463. The Morgan fingerprint density at radius 3 is 2.50 bits per heavy atom. The van der Waals surface area contributed by atoms with Crippen LogP contribution in [0.1, 0.15) is 12.8 Å². The SMILES string of the molecule is Cl.O=C1NC(CO)N(c2ccccc2)C12CCNCC2. The summed E-state index contributed by atoms with van der Waals surface area (Å²) < 4.78 is 0. The number of rotatable bonds is 2. The van der Waals surface area contributed by atoms with Crippen molar-refractivity contribution in [2.75, 3.05) is 24.6 Å². The topological polar surface area (TPSA) is 64.6 Å². The van der Waals surface area contributed by atoms with Crippen molar-refractivity contribution in [3.63, 3.8) is 0 Å². The van der Waals surface area contributed by atoms with Crippen LogP contribution in [0.5, 0.6) is 0 Å². The fourth-order valence-electron chi connectivity index (χ4n) is 3.21. The number of piperidine rings is 1. The molecule has 1 amide bonds. The average molecular weight is 298 g/mol. The molecule has 0 aromatic heterocycles. The van der Waals surface area contributed by atoms with E-state index in [1.54, 1.807) is 0 Å². The summed E-state index contributed by atoms with van der Waals surface area (Å²) in [6, 6.07) is 9.86. The molecule has 6 heteroatoms. The molecule has 2 heterocycles. The van der Waals surface area contributed by atoms with E-state index in [0.717, 1.165) is 31.6 Å². The second-order valence-electron chi connectivity index (χ2n) is 5.16. The molecule has 110 valence electrons. The van der Waals surface area contributed by atoms with Gasteiger partial charge in [0.2, 0.25) is 5.91 Å². The van der Waals surface area contributed by atoms with Gasteiger partial charge in [-0.25, -0.2) is 0 Å². The van der Waals surface area contributed by atoms with Gasteiger partial charge < -0.3 is 20.6 Å². The van der Waals surface area contributed by atoms with E-state index in [2.05, 4.69) is 15.5 Å². The van der Waals surface area contributed by atoms with E-state index in [-0.39, 0.29) is 31.1 Å². The number of nitrogens with one attached hydrogen (secondary N) is 2. The number of para-hydroxylation sites is 1. The van der Waals surface area contributed by atoms with Crippen LogP contribution in [0, 0.1) is 0 Å². The average Bonchev–Trinajstić information content (AvgIpc) is 2.73. The van der Waals surface area contributed by atoms with Crippen molar-refractivity contribution < 1.29 is 9.90 Å². The molecular formula is C14H20ClN3O2. The van der Waals surface area contributed by atoms with Crippen LogP contribution < -0.4 is 15.5 Å². The summed E-state index contributed by atoms with van der Waals surface area (Å²) >= 11 is 0. The summed E-state index contributed by atoms with van der Waals surface area (Å²) in [6.45, 7) is 1.58. The molecule has 0 radical (unpaired) electrons. The van der Waals surface area contributed by atoms with Crippen molar-refractivity contribution in [2.24, 2.45) is 0 Å². The van der Waals surface area contributed by atoms with Gasteiger partial charge in [0, 0.05) is 5.69 Å². The Labute approximate surface area is 124 Å². The van der Waals surface area contributed by atoms with E-state index in [1.807, 2.05) is 30.3 Å². The molecule has 2 fully saturated rings. The first kappa shape index (κ1) is 15.1. The number of carbonyl (C=O) groups is 1. The number of aliphatic hydroxyl groups is 1. The van der Waals surface area contributed by atoms with E-state index >= 15 is 0 Å². The molecule has 0 aliphatic carbocycles. The van der Waals surface area contributed by atoms with Gasteiger partial charge in [0.25, 0.3) is 0 Å². The number of carbonyl (C=O) groups excluding carboxylic acids is 1. The zero-order chi connectivity index (χ0) is 13.3. The van der Waals surface area contributed by atoms with E-state index in [9.17, 15) is 9.90 Å². The van der Waals surface area contributed by atoms with Gasteiger partial charge in [-0.1, -0.05) is 18.2 Å². The first-order valence-electron chi connectivity index (χ1n) is 6.75. The third-order valence-electron chi connectivity index (χ3n) is 4.13. The van der Waals surface area contributed by atoms with Crippen molar-refractivity contribution in [3.05, 3.63) is 30.3 Å². The fourth-order valence-corrected chi connectivity index (χ4v) is 3.21. The minimum absolute atomic E-state index is 0. The van der Waals surface area contributed by atoms with E-state index in [1.165, 1.54) is 0 Å². The van der Waals surface area contributed by atoms with Crippen LogP contribution in [0.15, 0.2) is 30.3 Å². The van der Waals surface area contributed by atoms with Crippen LogP contribution in [-0.4, -0.2) is 42.4 Å². The highest BCUT2D eigenvalue weighted by Crippen LogP contribution is 2.36. The number of benzene rings is 1. The van der Waals surface area contributed by atoms with Crippen LogP contribution in [0.25, 0.3) is 0 Å². The summed E-state index contributed by atoms with van der Waals surface area (Å²) in [4.78, 5) is 14.5. The fraction of sp³-hybridized carbons (Fsp3) is 0.500. The van der Waals surface area contributed by atoms with Crippen LogP contribution in [-0.2, 0) is 4.79 Å². The van der Waals surface area contributed by atoms with Gasteiger partial charge in [0.15, 0.2) is 0 Å². The summed E-state index contributed by atoms with van der Waals surface area (Å²) in [5, 5.41) is 15.8. The van der Waals surface area contributed by atoms with Crippen LogP contribution in [0.3, 0.4) is 0 Å². The van der Waals surface area contributed by atoms with Crippen LogP contribution in [0.2, 0.25) is 0 Å². The van der Waals surface area contributed by atoms with Crippen molar-refractivity contribution in [1.29, 1.82) is 0 Å². The smallest absolute Gasteiger partial charge is 0.247 e. The molecule has 1 atom stereocenters. The van der Waals surface area contributed by atoms with Gasteiger partial charge in [-0.2, -0.15) is 0 Å². The maximum absolute atomic E-state index is 12.4. The molecule has 2 saturated heterocycles. The highest BCUT2D eigenvalue weighted by molar-refractivity contribution is 5.94. The number of amides is 1. The Morgan fingerprint density at radius 2 is 1.90 bits per heavy atom. The first-order valence-corrected chi connectivity index (χ1v) is 6.75. The van der Waals surface area contributed by atoms with Crippen LogP contribution in [0.4, 0.5) is 5.69 Å². The van der Waals surface area contributed by atoms with Crippen molar-refractivity contribution >= 4 is 24.0 Å². The van der Waals surface area contributed by atoms with Crippen LogP contribution >= 0.6 is 12.4 Å². The summed E-state index contributed by atoms with van der Waals surface area (Å²) in [5.41, 5.74) is 0.474. The van der Waals surface area contributed by atoms with Gasteiger partial charge >= 0.3 is 0 Å². The first-order chi connectivity index (χ1) is 9.28. The number of aliphatic hydroxyl groups excluding tert-OH is 1. The van der Waals surface area contributed by atoms with Gasteiger partial charge in [0.1, 0.15) is 11.7 Å². The predicted octanol–water partition coefficient (Wildman–Crippen LogP) is 0.485. The maximum Gasteiger partial charge on any atom is 0.247 e. The molecule has 20 heavy (non-hydrogen) atoms. The van der Waals surface area contributed by atoms with E-state index < -0.39 is 5.54 Å². The molecule has 1 aromatic rings. The molecule has 2 aliphatic rings. The zero-order valence-corrected chi connectivity index (χ0v) is 12.0. The molecule has 5 nitrogen and oxygen atoms in total. The molecule has 2 aliphatic heterocycles. The maximum atomic E-state index is 12.4. The standard InChI is InChI=1S/C14H19N3O2.ClH/c18-10-12-16-13(19)14(6-8-15-9-7-14)17(12)11-4-2-1-3-5-11;/h1-5,12,15,18H,6-10H2,(H,16,19);1H. The number of hydrogen-bond acceptors (Lipinski definition) is 4. The molecular weight excluding hydrogens is 278 g/mol. The second-order valence-corrected chi connectivity index (χ2v) is 5.16. The Hall–Kier alpha value is -1.30. The van der Waals surface area contributed by atoms with Crippen molar-refractivity contribution in [1.82, 2.24) is 10.6 Å². The van der Waals surface area contributed by atoms with Gasteiger partial charge in [-0.15, -0.1) is 12.4 Å². The Balaban J connectivity index is 0.00000147. The molecule has 1 aromatic carbocycles. The lowest BCUT2D eigenvalue weighted by Crippen LogP contribution is -2.57. The number of hydrogen-bond donors (Lipinski definition) is 3. The molecule has 1 spiro atoms. The number of anilines is 1. The highest BCUT2D eigenvalue weighted by Gasteiger charge is 2.53. The quantitative estimate of drug-likeness (QED) is 0.743. The molecule has 1 unspecified atom stereocenters. The van der Waals surface area contributed by atoms with Crippen molar-refractivity contribution in [2.45, 2.75) is 24.5 Å². The van der Waals surface area contributed by atoms with Gasteiger partial charge in [0.05, 0.1) is 6.61 Å². The summed E-state index contributed by atoms with van der Waals surface area (Å²) in [5.74, 6) is 0.0388. The highest BCUT2D eigenvalue weighted by atomic mass is 35.5. The third-order valence-corrected chi connectivity index (χ3v) is 4.13. The Morgan fingerprint density at radius 1 is 1.25 bits per heavy atom. The van der Waals surface area contributed by atoms with Crippen molar-refractivity contribution in [3.8, 4) is 0 Å². The Kier molecular flexibility index (Phi) is 4.52. The monoisotopic (exact) mass is 297 g/mol. The largest absolute Gasteiger partial charge is 0.392 e. The third kappa shape index (κ3) is 2.26. The van der Waals surface area contributed by atoms with E-state index in [0.29, 0.717) is 0 Å². The normalized spacial score (nSPS) is 24.4. The predicted molar refractivity (Wildman–Crippen MR) is 80.0 cm³/mol. The minimum atomic E-state index is -0.514. The summed E-state index contributed by atoms with van der Waals surface area (Å²) in [7, 11) is 0. The summed E-state index contributed by atoms with van der Waals surface area (Å²) in [6.07, 6.45) is 1.21. The lowest BCUT2D eigenvalue weighted by molar-refractivity contribution is -0.124. The lowest BCUT2D eigenvalue weighted by atomic mass is 9.86. The lowest BCUT2D eigenvalue weighted by Gasteiger charge is -2.42. The van der Waals surface area contributed by atoms with Gasteiger partial charge in [-0.05, 0) is 38.1 Å². The zero-order valence-electron chi connectivity index (χ0n) is 11.2. The molecule has 0 saturated carbocycles. The minimum Gasteiger partial charge on any atom is -0.392 e. The second kappa shape index (κ2) is 5.99. The number of halogens is 1. The molecule has 3 N–H and O–H groups in total. The molecule has 3 rings (SSSR count). The van der Waals surface area contributed by atoms with Gasteiger partial charge in [-0.3, -0.25) is 4.79 Å². The number of nitrogens with zero attached hydrogens (tertiary/aromatic N) is 1. The molecule has 0 bridgehead atoms.